The largest absolute Gasteiger partial charge is 0.493 e. The number of hydrogen-bond acceptors (Lipinski definition) is 3. The Balaban J connectivity index is 2.68. The third kappa shape index (κ3) is 2.48. The van der Waals surface area contributed by atoms with E-state index in [1.54, 1.807) is 18.2 Å². The summed E-state index contributed by atoms with van der Waals surface area (Å²) in [6, 6.07) is 9.12. The highest BCUT2D eigenvalue weighted by Crippen LogP contribution is 2.12. The van der Waals surface area contributed by atoms with Crippen LogP contribution < -0.4 is 4.74 Å². The highest BCUT2D eigenvalue weighted by Gasteiger charge is 1.93. The summed E-state index contributed by atoms with van der Waals surface area (Å²) in [5.41, 5.74) is 0.617. The Kier molecular flexibility index (Phi) is 3.49. The molecule has 0 aliphatic carbocycles. The molecule has 0 spiro atoms. The van der Waals surface area contributed by atoms with E-state index in [0.29, 0.717) is 17.9 Å². The Hall–Kier alpha value is -1.14. The topological polar surface area (TPSA) is 33.0 Å². The van der Waals surface area contributed by atoms with Crippen LogP contribution in [0.4, 0.5) is 0 Å². The van der Waals surface area contributed by atoms with Gasteiger partial charge in [0.2, 0.25) is 0 Å². The molecule has 0 atom stereocenters. The Bertz CT molecular complexity index is 293. The first-order valence-corrected chi connectivity index (χ1v) is 4.24. The molecule has 0 saturated heterocycles. The van der Waals surface area contributed by atoms with Crippen LogP contribution in [0.2, 0.25) is 0 Å². The summed E-state index contributed by atoms with van der Waals surface area (Å²) in [6.45, 7) is 0.567. The molecule has 62 valence electrons. The van der Waals surface area contributed by atoms with E-state index >= 15 is 0 Å². The molecule has 3 heteroatoms. The van der Waals surface area contributed by atoms with Gasteiger partial charge in [0.25, 0.3) is 0 Å². The van der Waals surface area contributed by atoms with Crippen molar-refractivity contribution in [2.75, 3.05) is 12.4 Å². The second kappa shape index (κ2) is 4.68. The molecule has 0 aromatic heterocycles. The van der Waals surface area contributed by atoms with E-state index in [1.165, 1.54) is 0 Å². The number of thiol groups is 1. The molecule has 2 nitrogen and oxygen atoms in total. The summed E-state index contributed by atoms with van der Waals surface area (Å²) < 4.78 is 5.27. The molecule has 0 fully saturated rings. The third-order valence-electron chi connectivity index (χ3n) is 1.32. The van der Waals surface area contributed by atoms with E-state index in [0.717, 1.165) is 5.75 Å². The lowest BCUT2D eigenvalue weighted by atomic mass is 10.2. The maximum Gasteiger partial charge on any atom is 0.120 e. The lowest BCUT2D eigenvalue weighted by molar-refractivity contribution is 0.344. The van der Waals surface area contributed by atoms with Crippen LogP contribution in [-0.2, 0) is 0 Å². The molecule has 1 aromatic carbocycles. The van der Waals surface area contributed by atoms with Crippen LogP contribution >= 0.6 is 12.6 Å². The standard InChI is InChI=1S/C9H9NOS/c10-7-8-2-1-3-9(6-8)11-4-5-12/h1-3,6,12H,4-5H2. The molecule has 0 aliphatic heterocycles. The molecule has 0 saturated carbocycles. The molecular formula is C9H9NOS. The maximum absolute atomic E-state index is 8.57. The maximum atomic E-state index is 8.57. The molecule has 0 aliphatic rings. The van der Waals surface area contributed by atoms with Crippen molar-refractivity contribution in [2.45, 2.75) is 0 Å². The van der Waals surface area contributed by atoms with E-state index < -0.39 is 0 Å². The highest BCUT2D eigenvalue weighted by molar-refractivity contribution is 7.80. The SMILES string of the molecule is N#Cc1cccc(OCCS)c1. The van der Waals surface area contributed by atoms with E-state index in [2.05, 4.69) is 12.6 Å². The van der Waals surface area contributed by atoms with Crippen molar-refractivity contribution >= 4 is 12.6 Å². The zero-order valence-corrected chi connectivity index (χ0v) is 7.42. The fourth-order valence-electron chi connectivity index (χ4n) is 0.819. The molecule has 12 heavy (non-hydrogen) atoms. The minimum atomic E-state index is 0.567. The monoisotopic (exact) mass is 179 g/mol. The first-order valence-electron chi connectivity index (χ1n) is 3.60. The molecule has 0 heterocycles. The van der Waals surface area contributed by atoms with Gasteiger partial charge < -0.3 is 4.74 Å². The fraction of sp³-hybridized carbons (Fsp3) is 0.222. The zero-order valence-electron chi connectivity index (χ0n) is 6.53. The van der Waals surface area contributed by atoms with Crippen molar-refractivity contribution in [1.82, 2.24) is 0 Å². The number of hydrogen-bond donors (Lipinski definition) is 1. The van der Waals surface area contributed by atoms with Gasteiger partial charge in [-0.05, 0) is 18.2 Å². The van der Waals surface area contributed by atoms with E-state index in [1.807, 2.05) is 12.1 Å². The molecule has 1 aromatic rings. The van der Waals surface area contributed by atoms with E-state index in [9.17, 15) is 0 Å². The van der Waals surface area contributed by atoms with Gasteiger partial charge in [-0.25, -0.2) is 0 Å². The smallest absolute Gasteiger partial charge is 0.120 e. The first-order chi connectivity index (χ1) is 5.86. The van der Waals surface area contributed by atoms with Gasteiger partial charge in [0.15, 0.2) is 0 Å². The van der Waals surface area contributed by atoms with Crippen LogP contribution in [0.1, 0.15) is 5.56 Å². The summed E-state index contributed by atoms with van der Waals surface area (Å²) in [5, 5.41) is 8.57. The van der Waals surface area contributed by atoms with Gasteiger partial charge in [-0.2, -0.15) is 17.9 Å². The van der Waals surface area contributed by atoms with Gasteiger partial charge in [0.1, 0.15) is 5.75 Å². The molecule has 1 rings (SSSR count). The highest BCUT2D eigenvalue weighted by atomic mass is 32.1. The van der Waals surface area contributed by atoms with Crippen molar-refractivity contribution < 1.29 is 4.74 Å². The summed E-state index contributed by atoms with van der Waals surface area (Å²) in [5.74, 6) is 1.40. The van der Waals surface area contributed by atoms with Gasteiger partial charge in [0, 0.05) is 5.75 Å². The van der Waals surface area contributed by atoms with Crippen LogP contribution in [0.5, 0.6) is 5.75 Å². The van der Waals surface area contributed by atoms with Gasteiger partial charge in [-0.1, -0.05) is 6.07 Å². The van der Waals surface area contributed by atoms with Gasteiger partial charge >= 0.3 is 0 Å². The molecule has 0 unspecified atom stereocenters. The molecule has 0 amide bonds. The van der Waals surface area contributed by atoms with Crippen molar-refractivity contribution in [1.29, 1.82) is 5.26 Å². The third-order valence-corrected chi connectivity index (χ3v) is 1.51. The van der Waals surface area contributed by atoms with Crippen LogP contribution in [0, 0.1) is 11.3 Å². The summed E-state index contributed by atoms with van der Waals surface area (Å²) in [6.07, 6.45) is 0. The number of ether oxygens (including phenoxy) is 1. The van der Waals surface area contributed by atoms with E-state index in [-0.39, 0.29) is 0 Å². The number of nitrogens with zero attached hydrogens (tertiary/aromatic N) is 1. The number of rotatable bonds is 3. The van der Waals surface area contributed by atoms with Crippen molar-refractivity contribution in [3.8, 4) is 11.8 Å². The van der Waals surface area contributed by atoms with Gasteiger partial charge in [-0.15, -0.1) is 0 Å². The lowest BCUT2D eigenvalue weighted by Crippen LogP contribution is -1.97. The predicted octanol–water partition coefficient (Wildman–Crippen LogP) is 1.87. The minimum Gasteiger partial charge on any atom is -0.493 e. The normalized spacial score (nSPS) is 9.00. The first kappa shape index (κ1) is 8.95. The predicted molar refractivity (Wildman–Crippen MR) is 50.5 cm³/mol. The summed E-state index contributed by atoms with van der Waals surface area (Å²) in [7, 11) is 0. The van der Waals surface area contributed by atoms with Crippen LogP contribution in [0.3, 0.4) is 0 Å². The Morgan fingerprint density at radius 2 is 2.33 bits per heavy atom. The quantitative estimate of drug-likeness (QED) is 0.718. The molecular weight excluding hydrogens is 170 g/mol. The Labute approximate surface area is 77.2 Å². The number of benzene rings is 1. The van der Waals surface area contributed by atoms with Crippen molar-refractivity contribution in [2.24, 2.45) is 0 Å². The van der Waals surface area contributed by atoms with Gasteiger partial charge in [0.05, 0.1) is 18.2 Å². The minimum absolute atomic E-state index is 0.567. The van der Waals surface area contributed by atoms with Crippen LogP contribution in [0.25, 0.3) is 0 Å². The fourth-order valence-corrected chi connectivity index (χ4v) is 0.910. The van der Waals surface area contributed by atoms with Crippen LogP contribution in [0.15, 0.2) is 24.3 Å². The number of nitriles is 1. The summed E-state index contributed by atoms with van der Waals surface area (Å²) in [4.78, 5) is 0. The Morgan fingerprint density at radius 1 is 1.50 bits per heavy atom. The van der Waals surface area contributed by atoms with Crippen molar-refractivity contribution in [3.63, 3.8) is 0 Å². The average molecular weight is 179 g/mol. The van der Waals surface area contributed by atoms with Crippen LogP contribution in [-0.4, -0.2) is 12.4 Å². The molecule has 0 N–H and O–H groups in total. The second-order valence-corrected chi connectivity index (χ2v) is 2.66. The lowest BCUT2D eigenvalue weighted by Gasteiger charge is -2.02. The molecule has 0 radical (unpaired) electrons. The Morgan fingerprint density at radius 3 is 3.00 bits per heavy atom. The van der Waals surface area contributed by atoms with E-state index in [4.69, 9.17) is 10.00 Å². The van der Waals surface area contributed by atoms with Gasteiger partial charge in [-0.3, -0.25) is 0 Å². The molecule has 0 bridgehead atoms. The average Bonchev–Trinajstić information content (AvgIpc) is 2.15. The zero-order chi connectivity index (χ0) is 8.81. The van der Waals surface area contributed by atoms with Crippen molar-refractivity contribution in [3.05, 3.63) is 29.8 Å². The second-order valence-electron chi connectivity index (χ2n) is 2.21. The summed E-state index contributed by atoms with van der Waals surface area (Å²) >= 11 is 4.01.